The first kappa shape index (κ1) is 16.4. The van der Waals surface area contributed by atoms with E-state index in [-0.39, 0.29) is 17.4 Å². The molecule has 5 nitrogen and oxygen atoms in total. The van der Waals surface area contributed by atoms with E-state index in [0.29, 0.717) is 23.0 Å². The number of anilines is 1. The van der Waals surface area contributed by atoms with E-state index in [0.717, 1.165) is 0 Å². The minimum absolute atomic E-state index is 0.0636. The Morgan fingerprint density at radius 1 is 1.59 bits per heavy atom. The smallest absolute Gasteiger partial charge is 0.311 e. The Kier molecular flexibility index (Phi) is 5.85. The van der Waals surface area contributed by atoms with Crippen LogP contribution in [0.3, 0.4) is 0 Å². The SMILES string of the molecule is CCOC(=O)Cc1csc(NN=Cc2ccc(Cl)c(F)c2)n1. The van der Waals surface area contributed by atoms with Crippen molar-refractivity contribution in [2.24, 2.45) is 5.10 Å². The molecule has 1 heterocycles. The van der Waals surface area contributed by atoms with E-state index in [1.54, 1.807) is 18.4 Å². The van der Waals surface area contributed by atoms with Crippen molar-refractivity contribution in [1.29, 1.82) is 0 Å². The van der Waals surface area contributed by atoms with Gasteiger partial charge in [0.05, 0.1) is 30.0 Å². The van der Waals surface area contributed by atoms with Crippen LogP contribution in [0.4, 0.5) is 9.52 Å². The number of halogens is 2. The van der Waals surface area contributed by atoms with Crippen LogP contribution in [-0.2, 0) is 16.0 Å². The Labute approximate surface area is 135 Å². The maximum absolute atomic E-state index is 13.2. The molecule has 1 aromatic heterocycles. The first-order valence-electron chi connectivity index (χ1n) is 6.42. The van der Waals surface area contributed by atoms with Gasteiger partial charge in [-0.1, -0.05) is 17.7 Å². The molecule has 0 unspecified atom stereocenters. The predicted molar refractivity (Wildman–Crippen MR) is 85.1 cm³/mol. The second-order valence-corrected chi connectivity index (χ2v) is 5.43. The number of hydrogen-bond acceptors (Lipinski definition) is 6. The number of esters is 1. The van der Waals surface area contributed by atoms with Crippen LogP contribution >= 0.6 is 22.9 Å². The zero-order valence-electron chi connectivity index (χ0n) is 11.7. The van der Waals surface area contributed by atoms with Crippen LogP contribution in [-0.4, -0.2) is 23.8 Å². The molecule has 0 radical (unpaired) electrons. The van der Waals surface area contributed by atoms with Gasteiger partial charge in [-0.2, -0.15) is 5.10 Å². The van der Waals surface area contributed by atoms with Gasteiger partial charge in [0.2, 0.25) is 5.13 Å². The van der Waals surface area contributed by atoms with Crippen molar-refractivity contribution in [3.8, 4) is 0 Å². The highest BCUT2D eigenvalue weighted by atomic mass is 35.5. The van der Waals surface area contributed by atoms with Crippen LogP contribution in [0.5, 0.6) is 0 Å². The largest absolute Gasteiger partial charge is 0.466 e. The second kappa shape index (κ2) is 7.86. The van der Waals surface area contributed by atoms with Gasteiger partial charge in [0.15, 0.2) is 0 Å². The van der Waals surface area contributed by atoms with E-state index in [2.05, 4.69) is 15.5 Å². The summed E-state index contributed by atoms with van der Waals surface area (Å²) in [6, 6.07) is 4.38. The summed E-state index contributed by atoms with van der Waals surface area (Å²) in [7, 11) is 0. The Hall–Kier alpha value is -1.99. The summed E-state index contributed by atoms with van der Waals surface area (Å²) < 4.78 is 18.1. The average molecular weight is 342 g/mol. The summed E-state index contributed by atoms with van der Waals surface area (Å²) in [5, 5.41) is 6.30. The molecule has 22 heavy (non-hydrogen) atoms. The fourth-order valence-electron chi connectivity index (χ4n) is 1.55. The van der Waals surface area contributed by atoms with Crippen molar-refractivity contribution < 1.29 is 13.9 Å². The molecule has 2 aromatic rings. The third-order valence-electron chi connectivity index (χ3n) is 2.50. The first-order chi connectivity index (χ1) is 10.6. The molecule has 0 spiro atoms. The molecule has 0 aliphatic heterocycles. The van der Waals surface area contributed by atoms with Crippen molar-refractivity contribution in [2.75, 3.05) is 12.0 Å². The molecule has 0 fully saturated rings. The number of aromatic nitrogens is 1. The molecule has 0 aliphatic rings. The average Bonchev–Trinajstić information content (AvgIpc) is 2.90. The summed E-state index contributed by atoms with van der Waals surface area (Å²) in [6.07, 6.45) is 1.57. The molecule has 0 aliphatic carbocycles. The van der Waals surface area contributed by atoms with Crippen molar-refractivity contribution >= 4 is 40.3 Å². The molecule has 0 bridgehead atoms. The van der Waals surface area contributed by atoms with E-state index >= 15 is 0 Å². The number of nitrogens with one attached hydrogen (secondary N) is 1. The van der Waals surface area contributed by atoms with E-state index < -0.39 is 5.82 Å². The number of carbonyl (C=O) groups excluding carboxylic acids is 1. The normalized spacial score (nSPS) is 10.9. The van der Waals surface area contributed by atoms with Crippen LogP contribution in [0.1, 0.15) is 18.2 Å². The summed E-state index contributed by atoms with van der Waals surface area (Å²) in [4.78, 5) is 15.5. The summed E-state index contributed by atoms with van der Waals surface area (Å²) in [5.41, 5.74) is 3.90. The lowest BCUT2D eigenvalue weighted by Gasteiger charge is -1.98. The van der Waals surface area contributed by atoms with Crippen molar-refractivity contribution in [2.45, 2.75) is 13.3 Å². The topological polar surface area (TPSA) is 63.6 Å². The first-order valence-corrected chi connectivity index (χ1v) is 7.68. The fourth-order valence-corrected chi connectivity index (χ4v) is 2.33. The third kappa shape index (κ3) is 4.78. The van der Waals surface area contributed by atoms with Crippen LogP contribution in [0.15, 0.2) is 28.7 Å². The van der Waals surface area contributed by atoms with Crippen molar-refractivity contribution in [3.63, 3.8) is 0 Å². The molecule has 1 aromatic carbocycles. The molecule has 0 atom stereocenters. The Morgan fingerprint density at radius 2 is 2.41 bits per heavy atom. The number of nitrogens with zero attached hydrogens (tertiary/aromatic N) is 2. The highest BCUT2D eigenvalue weighted by molar-refractivity contribution is 7.13. The molecule has 1 N–H and O–H groups in total. The van der Waals surface area contributed by atoms with Gasteiger partial charge in [0.1, 0.15) is 5.82 Å². The zero-order chi connectivity index (χ0) is 15.9. The highest BCUT2D eigenvalue weighted by Crippen LogP contribution is 2.17. The minimum atomic E-state index is -0.503. The monoisotopic (exact) mass is 341 g/mol. The number of hydrogen-bond donors (Lipinski definition) is 1. The lowest BCUT2D eigenvalue weighted by molar-refractivity contribution is -0.142. The number of rotatable bonds is 6. The van der Waals surface area contributed by atoms with Gasteiger partial charge < -0.3 is 4.74 Å². The van der Waals surface area contributed by atoms with Gasteiger partial charge in [-0.25, -0.2) is 9.37 Å². The molecular formula is C14H13ClFN3O2S. The highest BCUT2D eigenvalue weighted by Gasteiger charge is 2.07. The third-order valence-corrected chi connectivity index (χ3v) is 3.60. The van der Waals surface area contributed by atoms with E-state index in [4.69, 9.17) is 16.3 Å². The van der Waals surface area contributed by atoms with Crippen LogP contribution in [0.25, 0.3) is 0 Å². The van der Waals surface area contributed by atoms with Crippen LogP contribution in [0, 0.1) is 5.82 Å². The Morgan fingerprint density at radius 3 is 3.14 bits per heavy atom. The van der Waals surface area contributed by atoms with Gasteiger partial charge >= 0.3 is 5.97 Å². The van der Waals surface area contributed by atoms with E-state index in [9.17, 15) is 9.18 Å². The fraction of sp³-hybridized carbons (Fsp3) is 0.214. The molecule has 0 saturated heterocycles. The molecular weight excluding hydrogens is 329 g/mol. The van der Waals surface area contributed by atoms with Crippen LogP contribution < -0.4 is 5.43 Å². The van der Waals surface area contributed by atoms with Gasteiger partial charge in [0, 0.05) is 5.38 Å². The molecule has 2 rings (SSSR count). The summed E-state index contributed by atoms with van der Waals surface area (Å²) >= 11 is 6.91. The summed E-state index contributed by atoms with van der Waals surface area (Å²) in [5.74, 6) is -0.823. The molecule has 8 heteroatoms. The molecule has 0 amide bonds. The lowest BCUT2D eigenvalue weighted by atomic mass is 10.2. The van der Waals surface area contributed by atoms with Crippen molar-refractivity contribution in [3.05, 3.63) is 45.7 Å². The van der Waals surface area contributed by atoms with Gasteiger partial charge in [-0.15, -0.1) is 11.3 Å². The van der Waals surface area contributed by atoms with Gasteiger partial charge in [-0.3, -0.25) is 10.2 Å². The lowest BCUT2D eigenvalue weighted by Crippen LogP contribution is -2.07. The quantitative estimate of drug-likeness (QED) is 0.496. The van der Waals surface area contributed by atoms with E-state index in [1.807, 2.05) is 0 Å². The molecule has 0 saturated carbocycles. The van der Waals surface area contributed by atoms with Crippen molar-refractivity contribution in [1.82, 2.24) is 4.98 Å². The number of ether oxygens (including phenoxy) is 1. The van der Waals surface area contributed by atoms with E-state index in [1.165, 1.54) is 29.7 Å². The maximum Gasteiger partial charge on any atom is 0.311 e. The number of benzene rings is 1. The maximum atomic E-state index is 13.2. The number of hydrazone groups is 1. The Bertz CT molecular complexity index is 690. The van der Waals surface area contributed by atoms with Crippen LogP contribution in [0.2, 0.25) is 5.02 Å². The predicted octanol–water partition coefficient (Wildman–Crippen LogP) is 3.49. The van der Waals surface area contributed by atoms with Gasteiger partial charge in [-0.05, 0) is 24.6 Å². The van der Waals surface area contributed by atoms with Gasteiger partial charge in [0.25, 0.3) is 0 Å². The zero-order valence-corrected chi connectivity index (χ0v) is 13.2. The number of thiazole rings is 1. The second-order valence-electron chi connectivity index (χ2n) is 4.17. The summed E-state index contributed by atoms with van der Waals surface area (Å²) in [6.45, 7) is 2.09. The standard InChI is InChI=1S/C14H13ClFN3O2S/c1-2-21-13(20)6-10-8-22-14(18-10)19-17-7-9-3-4-11(15)12(16)5-9/h3-5,7-8H,2,6H2,1H3,(H,18,19). The Balaban J connectivity index is 1.91. The molecule has 116 valence electrons. The number of carbonyl (C=O) groups is 1. The minimum Gasteiger partial charge on any atom is -0.466 e.